The Morgan fingerprint density at radius 1 is 1.62 bits per heavy atom. The fourth-order valence-electron chi connectivity index (χ4n) is 0.616. The summed E-state index contributed by atoms with van der Waals surface area (Å²) in [6.45, 7) is 0. The number of pyridine rings is 1. The van der Waals surface area contributed by atoms with Crippen LogP contribution in [0.4, 0.5) is 5.82 Å². The zero-order valence-electron chi connectivity index (χ0n) is 6.13. The summed E-state index contributed by atoms with van der Waals surface area (Å²) in [6.07, 6.45) is 1.04. The van der Waals surface area contributed by atoms with Crippen molar-refractivity contribution >= 4 is 51.3 Å². The number of hydrogen-bond donors (Lipinski definition) is 2. The molecule has 0 amide bonds. The summed E-state index contributed by atoms with van der Waals surface area (Å²) in [7, 11) is 0. The lowest BCUT2D eigenvalue weighted by Gasteiger charge is -1.99. The zero-order valence-corrected chi connectivity index (χ0v) is 9.23. The molecule has 0 aliphatic rings. The molecule has 7 heteroatoms. The van der Waals surface area contributed by atoms with E-state index in [4.69, 9.17) is 28.4 Å². The molecule has 1 aromatic heterocycles. The first kappa shape index (κ1) is 10.7. The highest BCUT2D eigenvalue weighted by molar-refractivity contribution is 9.10. The molecule has 1 aromatic rings. The van der Waals surface area contributed by atoms with Crippen LogP contribution in [-0.4, -0.2) is 16.5 Å². The minimum Gasteiger partial charge on any atom is -0.290 e. The second kappa shape index (κ2) is 4.76. The third-order valence-corrected chi connectivity index (χ3v) is 2.51. The van der Waals surface area contributed by atoms with E-state index in [1.807, 2.05) is 0 Å². The lowest BCUT2D eigenvalue weighted by Crippen LogP contribution is -2.01. The average molecular weight is 285 g/mol. The minimum atomic E-state index is 0.233. The van der Waals surface area contributed by atoms with Crippen molar-refractivity contribution in [3.05, 3.63) is 20.7 Å². The van der Waals surface area contributed by atoms with Crippen molar-refractivity contribution in [2.24, 2.45) is 4.99 Å². The molecule has 0 bridgehead atoms. The second-order valence-electron chi connectivity index (χ2n) is 1.95. The third kappa shape index (κ3) is 2.80. The first-order valence-electron chi connectivity index (χ1n) is 3.09. The van der Waals surface area contributed by atoms with Crippen LogP contribution in [0.25, 0.3) is 0 Å². The van der Waals surface area contributed by atoms with Gasteiger partial charge in [0.05, 0.1) is 9.50 Å². The van der Waals surface area contributed by atoms with Gasteiger partial charge in [-0.3, -0.25) is 10.7 Å². The molecule has 0 aliphatic heterocycles. The Kier molecular flexibility index (Phi) is 3.92. The predicted molar refractivity (Wildman–Crippen MR) is 55.0 cm³/mol. The fourth-order valence-corrected chi connectivity index (χ4v) is 1.40. The summed E-state index contributed by atoms with van der Waals surface area (Å²) >= 11 is 14.6. The normalized spacial score (nSPS) is 10.8. The van der Waals surface area contributed by atoms with E-state index in [0.29, 0.717) is 9.50 Å². The Balaban J connectivity index is 3.08. The quantitative estimate of drug-likeness (QED) is 0.380. The largest absolute Gasteiger partial charge is 0.290 e. The third-order valence-electron chi connectivity index (χ3n) is 1.11. The van der Waals surface area contributed by atoms with Gasteiger partial charge in [0, 0.05) is 0 Å². The Bertz CT molecular complexity index is 345. The van der Waals surface area contributed by atoms with Gasteiger partial charge in [-0.15, -0.1) is 0 Å². The van der Waals surface area contributed by atoms with Gasteiger partial charge in [-0.2, -0.15) is 0 Å². The van der Waals surface area contributed by atoms with Gasteiger partial charge in [-0.25, -0.2) is 9.98 Å². The molecule has 4 nitrogen and oxygen atoms in total. The van der Waals surface area contributed by atoms with Crippen LogP contribution in [-0.2, 0) is 0 Å². The first-order chi connectivity index (χ1) is 6.15. The van der Waals surface area contributed by atoms with Crippen molar-refractivity contribution in [3.63, 3.8) is 0 Å². The van der Waals surface area contributed by atoms with Crippen LogP contribution in [0.15, 0.2) is 15.5 Å². The molecule has 1 rings (SSSR count). The van der Waals surface area contributed by atoms with E-state index in [1.165, 1.54) is 0 Å². The van der Waals surface area contributed by atoms with Crippen molar-refractivity contribution < 1.29 is 5.21 Å². The Morgan fingerprint density at radius 3 is 2.92 bits per heavy atom. The molecule has 0 saturated carbocycles. The van der Waals surface area contributed by atoms with E-state index < -0.39 is 0 Å². The molecule has 0 aromatic carbocycles. The number of rotatable bonds is 2. The van der Waals surface area contributed by atoms with E-state index >= 15 is 0 Å². The molecule has 0 aliphatic carbocycles. The number of aromatic nitrogens is 1. The van der Waals surface area contributed by atoms with Gasteiger partial charge in [-0.1, -0.05) is 23.2 Å². The van der Waals surface area contributed by atoms with Crippen molar-refractivity contribution in [3.8, 4) is 0 Å². The molecule has 0 fully saturated rings. The summed E-state index contributed by atoms with van der Waals surface area (Å²) in [5, 5.41) is 8.82. The summed E-state index contributed by atoms with van der Waals surface area (Å²) in [6, 6.07) is 1.57. The maximum Gasteiger partial charge on any atom is 0.174 e. The Morgan fingerprint density at radius 2 is 2.31 bits per heavy atom. The highest BCUT2D eigenvalue weighted by Crippen LogP contribution is 2.30. The number of hydroxylamine groups is 1. The van der Waals surface area contributed by atoms with Crippen LogP contribution >= 0.6 is 39.1 Å². The lowest BCUT2D eigenvalue weighted by molar-refractivity contribution is 0.240. The highest BCUT2D eigenvalue weighted by Gasteiger charge is 2.05. The summed E-state index contributed by atoms with van der Waals surface area (Å²) in [5.74, 6) is 0.233. The smallest absolute Gasteiger partial charge is 0.174 e. The van der Waals surface area contributed by atoms with E-state index in [0.717, 1.165) is 6.34 Å². The molecule has 0 unspecified atom stereocenters. The second-order valence-corrected chi connectivity index (χ2v) is 3.57. The minimum absolute atomic E-state index is 0.233. The molecule has 0 spiro atoms. The van der Waals surface area contributed by atoms with Crippen molar-refractivity contribution in [1.82, 2.24) is 10.5 Å². The van der Waals surface area contributed by atoms with Gasteiger partial charge < -0.3 is 0 Å². The summed E-state index contributed by atoms with van der Waals surface area (Å²) < 4.78 is 0.593. The number of hydrogen-bond acceptors (Lipinski definition) is 3. The molecule has 0 atom stereocenters. The number of nitrogens with zero attached hydrogens (tertiary/aromatic N) is 2. The van der Waals surface area contributed by atoms with E-state index in [-0.39, 0.29) is 11.0 Å². The zero-order chi connectivity index (χ0) is 9.84. The van der Waals surface area contributed by atoms with Crippen LogP contribution in [0.3, 0.4) is 0 Å². The molecule has 2 N–H and O–H groups in total. The van der Waals surface area contributed by atoms with E-state index in [2.05, 4.69) is 25.9 Å². The van der Waals surface area contributed by atoms with Crippen molar-refractivity contribution in [2.45, 2.75) is 0 Å². The predicted octanol–water partition coefficient (Wildman–Crippen LogP) is 2.79. The molecule has 13 heavy (non-hydrogen) atoms. The fraction of sp³-hybridized carbons (Fsp3) is 0. The molecule has 70 valence electrons. The van der Waals surface area contributed by atoms with Gasteiger partial charge in [0.15, 0.2) is 5.82 Å². The highest BCUT2D eigenvalue weighted by atomic mass is 79.9. The van der Waals surface area contributed by atoms with Crippen LogP contribution in [0.5, 0.6) is 0 Å². The average Bonchev–Trinajstić information content (AvgIpc) is 2.09. The number of aliphatic imine (C=N–C) groups is 1. The van der Waals surface area contributed by atoms with Gasteiger partial charge in [-0.05, 0) is 22.0 Å². The maximum absolute atomic E-state index is 8.23. The molecular weight excluding hydrogens is 281 g/mol. The summed E-state index contributed by atoms with van der Waals surface area (Å²) in [5.41, 5.74) is 1.73. The Labute approximate surface area is 92.7 Å². The molecular formula is C6H4BrCl2N3O. The SMILES string of the molecule is ONC=Nc1nc(Cl)c(Br)cc1Cl. The topological polar surface area (TPSA) is 57.5 Å². The van der Waals surface area contributed by atoms with Crippen LogP contribution in [0.1, 0.15) is 0 Å². The molecule has 0 saturated heterocycles. The van der Waals surface area contributed by atoms with Gasteiger partial charge in [0.2, 0.25) is 0 Å². The Hall–Kier alpha value is -0.360. The number of nitrogens with one attached hydrogen (secondary N) is 1. The van der Waals surface area contributed by atoms with Crippen LogP contribution < -0.4 is 5.48 Å². The monoisotopic (exact) mass is 283 g/mol. The van der Waals surface area contributed by atoms with Gasteiger partial charge >= 0.3 is 0 Å². The van der Waals surface area contributed by atoms with Crippen molar-refractivity contribution in [2.75, 3.05) is 0 Å². The van der Waals surface area contributed by atoms with E-state index in [1.54, 1.807) is 11.5 Å². The lowest BCUT2D eigenvalue weighted by atomic mass is 10.5. The van der Waals surface area contributed by atoms with Gasteiger partial charge in [0.25, 0.3) is 0 Å². The van der Waals surface area contributed by atoms with Crippen LogP contribution in [0, 0.1) is 0 Å². The molecule has 1 heterocycles. The van der Waals surface area contributed by atoms with Crippen LogP contribution in [0.2, 0.25) is 10.2 Å². The summed E-state index contributed by atoms with van der Waals surface area (Å²) in [4.78, 5) is 7.54. The standard InChI is InChI=1S/C6H4BrCl2N3O/c7-3-1-4(8)6(10-2-11-13)12-5(3)9/h1-2,13H,(H,10,11,12). The van der Waals surface area contributed by atoms with Crippen molar-refractivity contribution in [1.29, 1.82) is 0 Å². The molecule has 0 radical (unpaired) electrons. The van der Waals surface area contributed by atoms with Gasteiger partial charge in [0.1, 0.15) is 11.5 Å². The number of halogens is 3. The first-order valence-corrected chi connectivity index (χ1v) is 4.63. The van der Waals surface area contributed by atoms with E-state index in [9.17, 15) is 0 Å². The maximum atomic E-state index is 8.23.